The van der Waals surface area contributed by atoms with Gasteiger partial charge in [0.25, 0.3) is 0 Å². The number of hydrogen-bond donors (Lipinski definition) is 1. The molecule has 0 aliphatic carbocycles. The van der Waals surface area contributed by atoms with Crippen LogP contribution >= 0.6 is 11.3 Å². The largest absolute Gasteiger partial charge is 0.344 e. The van der Waals surface area contributed by atoms with Gasteiger partial charge in [-0.1, -0.05) is 176 Å². The molecule has 3 nitrogen and oxygen atoms in total. The minimum Gasteiger partial charge on any atom is -0.344 e. The number of fused-ring (bicyclic) bond motifs is 9. The Bertz CT molecular complexity index is 3120. The summed E-state index contributed by atoms with van der Waals surface area (Å²) in [5, 5.41) is 14.0. The van der Waals surface area contributed by atoms with Crippen molar-refractivity contribution < 1.29 is 0 Å². The molecule has 1 aliphatic rings. The van der Waals surface area contributed by atoms with Crippen LogP contribution < -0.4 is 5.32 Å². The lowest BCUT2D eigenvalue weighted by molar-refractivity contribution is 0.675. The summed E-state index contributed by atoms with van der Waals surface area (Å²) in [6.07, 6.45) is -0.297. The Labute approximate surface area is 322 Å². The lowest BCUT2D eigenvalue weighted by atomic mass is 9.92. The number of aliphatic imine (C=N–C) groups is 2. The van der Waals surface area contributed by atoms with Gasteiger partial charge in [-0.25, -0.2) is 9.98 Å². The summed E-state index contributed by atoms with van der Waals surface area (Å²) < 4.78 is 2.54. The van der Waals surface area contributed by atoms with Gasteiger partial charge in [-0.05, 0) is 72.3 Å². The first kappa shape index (κ1) is 31.6. The number of thiophene rings is 1. The molecule has 1 unspecified atom stereocenters. The molecule has 55 heavy (non-hydrogen) atoms. The van der Waals surface area contributed by atoms with E-state index in [1.807, 2.05) is 35.6 Å². The van der Waals surface area contributed by atoms with E-state index in [2.05, 4.69) is 169 Å². The monoisotopic (exact) mass is 719 g/mol. The quantitative estimate of drug-likeness (QED) is 0.177. The highest BCUT2D eigenvalue weighted by atomic mass is 32.1. The van der Waals surface area contributed by atoms with Crippen molar-refractivity contribution in [1.29, 1.82) is 0 Å². The maximum atomic E-state index is 5.19. The highest BCUT2D eigenvalue weighted by Gasteiger charge is 2.22. The lowest BCUT2D eigenvalue weighted by Gasteiger charge is -2.24. The fraction of sp³-hybridized carbons (Fsp3) is 0.0196. The van der Waals surface area contributed by atoms with E-state index in [0.29, 0.717) is 0 Å². The molecule has 9 aromatic carbocycles. The van der Waals surface area contributed by atoms with Crippen LogP contribution in [0.25, 0.3) is 74.7 Å². The molecule has 11 rings (SSSR count). The molecule has 2 heterocycles. The van der Waals surface area contributed by atoms with Gasteiger partial charge in [0.1, 0.15) is 12.0 Å². The van der Waals surface area contributed by atoms with Gasteiger partial charge in [-0.15, -0.1) is 11.3 Å². The third kappa shape index (κ3) is 5.41. The number of amidine groups is 2. The van der Waals surface area contributed by atoms with Crippen molar-refractivity contribution in [2.24, 2.45) is 9.98 Å². The van der Waals surface area contributed by atoms with Crippen molar-refractivity contribution >= 4 is 75.5 Å². The van der Waals surface area contributed by atoms with Crippen LogP contribution in [-0.4, -0.2) is 11.7 Å². The number of hydrogen-bond acceptors (Lipinski definition) is 4. The van der Waals surface area contributed by atoms with E-state index in [0.717, 1.165) is 28.4 Å². The lowest BCUT2D eigenvalue weighted by Crippen LogP contribution is -2.33. The molecule has 1 aliphatic heterocycles. The van der Waals surface area contributed by atoms with E-state index in [1.54, 1.807) is 0 Å². The smallest absolute Gasteiger partial charge is 0.159 e. The van der Waals surface area contributed by atoms with E-state index in [1.165, 1.54) is 74.7 Å². The molecule has 0 amide bonds. The molecule has 1 atom stereocenters. The molecule has 4 heteroatoms. The van der Waals surface area contributed by atoms with Crippen molar-refractivity contribution in [3.8, 4) is 22.3 Å². The van der Waals surface area contributed by atoms with Crippen LogP contribution in [-0.2, 0) is 0 Å². The minimum absolute atomic E-state index is 0.297. The third-order valence-corrected chi connectivity index (χ3v) is 12.1. The molecule has 10 aromatic rings. The number of benzene rings is 9. The molecule has 258 valence electrons. The molecular weight excluding hydrogens is 687 g/mol. The van der Waals surface area contributed by atoms with Crippen LogP contribution in [0.2, 0.25) is 0 Å². The first-order valence-electron chi connectivity index (χ1n) is 18.7. The van der Waals surface area contributed by atoms with E-state index in [9.17, 15) is 0 Å². The first-order valence-corrected chi connectivity index (χ1v) is 19.5. The molecule has 0 spiro atoms. The van der Waals surface area contributed by atoms with Crippen LogP contribution in [0.15, 0.2) is 198 Å². The average Bonchev–Trinajstić information content (AvgIpc) is 3.65. The number of nitrogens with zero attached hydrogens (tertiary/aromatic N) is 2. The zero-order valence-corrected chi connectivity index (χ0v) is 30.6. The average molecular weight is 720 g/mol. The minimum atomic E-state index is -0.297. The van der Waals surface area contributed by atoms with Gasteiger partial charge in [0, 0.05) is 31.3 Å². The van der Waals surface area contributed by atoms with Crippen LogP contribution in [0.1, 0.15) is 22.9 Å². The molecule has 0 fully saturated rings. The maximum Gasteiger partial charge on any atom is 0.159 e. The standard InChI is InChI=1S/C51H33N3S/c1-3-12-32(13-4-1)33-22-24-35(25-23-33)50-52-49(34-14-5-2-6-15-34)53-51(54-50)37-27-29-44-45-21-11-20-38(48(45)55-47(44)31-37)36-26-28-43-41-18-8-7-16-39(41)40-17-9-10-19-42(40)46(43)30-36/h1-31,51H,(H,52,53,54). The molecule has 0 bridgehead atoms. The summed E-state index contributed by atoms with van der Waals surface area (Å²) in [4.78, 5) is 10.2. The van der Waals surface area contributed by atoms with Gasteiger partial charge in [-0.2, -0.15) is 0 Å². The summed E-state index contributed by atoms with van der Waals surface area (Å²) in [7, 11) is 0. The molecular formula is C51H33N3S. The summed E-state index contributed by atoms with van der Waals surface area (Å²) in [6, 6.07) is 67.5. The first-order chi connectivity index (χ1) is 27.2. The number of rotatable bonds is 5. The van der Waals surface area contributed by atoms with Gasteiger partial charge in [0.2, 0.25) is 0 Å². The third-order valence-electron chi connectivity index (χ3n) is 10.9. The SMILES string of the molecule is c1ccc(C2=NC(c3ccc4c(c3)sc3c(-c5ccc6c7ccccc7c7ccccc7c6c5)cccc34)NC(c3ccc(-c4ccccc4)cc3)=N2)cc1. The Balaban J connectivity index is 0.999. The van der Waals surface area contributed by atoms with Gasteiger partial charge in [-0.3, -0.25) is 0 Å². The number of nitrogens with one attached hydrogen (secondary N) is 1. The summed E-state index contributed by atoms with van der Waals surface area (Å²) >= 11 is 1.86. The van der Waals surface area contributed by atoms with Gasteiger partial charge >= 0.3 is 0 Å². The fourth-order valence-electron chi connectivity index (χ4n) is 8.22. The summed E-state index contributed by atoms with van der Waals surface area (Å²) in [5.41, 5.74) is 7.98. The summed E-state index contributed by atoms with van der Waals surface area (Å²) in [5.74, 6) is 1.54. The second-order valence-electron chi connectivity index (χ2n) is 14.2. The van der Waals surface area contributed by atoms with Gasteiger partial charge in [0.05, 0.1) is 0 Å². The second kappa shape index (κ2) is 12.9. The van der Waals surface area contributed by atoms with Crippen LogP contribution in [0, 0.1) is 0 Å². The second-order valence-corrected chi connectivity index (χ2v) is 15.2. The predicted molar refractivity (Wildman–Crippen MR) is 235 cm³/mol. The Morgan fingerprint density at radius 3 is 1.65 bits per heavy atom. The molecule has 0 saturated heterocycles. The van der Waals surface area contributed by atoms with Crippen LogP contribution in [0.4, 0.5) is 0 Å². The Morgan fingerprint density at radius 1 is 0.400 bits per heavy atom. The highest BCUT2D eigenvalue weighted by Crippen LogP contribution is 2.43. The predicted octanol–water partition coefficient (Wildman–Crippen LogP) is 13.3. The zero-order chi connectivity index (χ0) is 36.3. The van der Waals surface area contributed by atoms with Crippen LogP contribution in [0.5, 0.6) is 0 Å². The van der Waals surface area contributed by atoms with E-state index >= 15 is 0 Å². The van der Waals surface area contributed by atoms with Crippen molar-refractivity contribution in [3.05, 3.63) is 205 Å². The Morgan fingerprint density at radius 2 is 0.945 bits per heavy atom. The fourth-order valence-corrected chi connectivity index (χ4v) is 9.51. The summed E-state index contributed by atoms with van der Waals surface area (Å²) in [6.45, 7) is 0. The maximum absolute atomic E-state index is 5.19. The van der Waals surface area contributed by atoms with E-state index < -0.39 is 0 Å². The Hall–Kier alpha value is -6.88. The topological polar surface area (TPSA) is 36.8 Å². The molecule has 0 saturated carbocycles. The van der Waals surface area contributed by atoms with Crippen molar-refractivity contribution in [1.82, 2.24) is 5.32 Å². The normalized spacial score (nSPS) is 14.4. The zero-order valence-electron chi connectivity index (χ0n) is 29.8. The van der Waals surface area contributed by atoms with Gasteiger partial charge in [0.15, 0.2) is 5.84 Å². The van der Waals surface area contributed by atoms with E-state index in [4.69, 9.17) is 9.98 Å². The highest BCUT2D eigenvalue weighted by molar-refractivity contribution is 7.26. The van der Waals surface area contributed by atoms with E-state index in [-0.39, 0.29) is 6.17 Å². The Kier molecular flexibility index (Phi) is 7.42. The van der Waals surface area contributed by atoms with Gasteiger partial charge < -0.3 is 5.32 Å². The van der Waals surface area contributed by atoms with Crippen LogP contribution in [0.3, 0.4) is 0 Å². The van der Waals surface area contributed by atoms with Crippen molar-refractivity contribution in [3.63, 3.8) is 0 Å². The van der Waals surface area contributed by atoms with Crippen molar-refractivity contribution in [2.45, 2.75) is 6.17 Å². The molecule has 1 N–H and O–H groups in total. The molecule has 1 aromatic heterocycles. The van der Waals surface area contributed by atoms with Crippen molar-refractivity contribution in [2.75, 3.05) is 0 Å². The molecule has 0 radical (unpaired) electrons.